The maximum Gasteiger partial charge on any atom is 0.339 e. The van der Waals surface area contributed by atoms with Gasteiger partial charge in [-0.05, 0) is 42.8 Å². The number of nitrogens with two attached hydrogens (primary N) is 1. The van der Waals surface area contributed by atoms with Gasteiger partial charge >= 0.3 is 5.97 Å². The summed E-state index contributed by atoms with van der Waals surface area (Å²) in [6, 6.07) is 8.04. The highest BCUT2D eigenvalue weighted by molar-refractivity contribution is 7.89. The maximum atomic E-state index is 12.3. The summed E-state index contributed by atoms with van der Waals surface area (Å²) in [6.45, 7) is 1.68. The number of carbonyl (C=O) groups is 2. The molecule has 2 aromatic rings. The number of nitrogens with one attached hydrogen (secondary N) is 1. The van der Waals surface area contributed by atoms with Gasteiger partial charge in [-0.15, -0.1) is 0 Å². The number of hydrogen-bond donors (Lipinski definition) is 2. The second-order valence-electron chi connectivity index (χ2n) is 5.23. The van der Waals surface area contributed by atoms with E-state index in [2.05, 4.69) is 10.3 Å². The molecule has 0 spiro atoms. The number of hydrogen-bond acceptors (Lipinski definition) is 6. The van der Waals surface area contributed by atoms with E-state index in [4.69, 9.17) is 21.5 Å². The zero-order valence-corrected chi connectivity index (χ0v) is 15.3. The van der Waals surface area contributed by atoms with Crippen molar-refractivity contribution in [3.8, 4) is 0 Å². The Morgan fingerprint density at radius 1 is 1.27 bits per heavy atom. The van der Waals surface area contributed by atoms with Crippen molar-refractivity contribution in [1.29, 1.82) is 0 Å². The van der Waals surface area contributed by atoms with E-state index < -0.39 is 28.0 Å². The number of halogens is 1. The summed E-state index contributed by atoms with van der Waals surface area (Å²) in [6.07, 6.45) is 0.561. The van der Waals surface area contributed by atoms with Gasteiger partial charge in [0.1, 0.15) is 5.15 Å². The fourth-order valence-electron chi connectivity index (χ4n) is 2.00. The first kappa shape index (κ1) is 19.8. The molecular weight excluding hydrogens is 382 g/mol. The first-order chi connectivity index (χ1) is 12.2. The van der Waals surface area contributed by atoms with E-state index in [0.29, 0.717) is 5.69 Å². The molecule has 2 rings (SSSR count). The largest absolute Gasteiger partial charge is 0.449 e. The fourth-order valence-corrected chi connectivity index (χ4v) is 2.69. The quantitative estimate of drug-likeness (QED) is 0.566. The van der Waals surface area contributed by atoms with Crippen LogP contribution in [0.2, 0.25) is 5.15 Å². The summed E-state index contributed by atoms with van der Waals surface area (Å²) >= 11 is 5.72. The van der Waals surface area contributed by atoms with E-state index in [-0.39, 0.29) is 22.0 Å². The summed E-state index contributed by atoms with van der Waals surface area (Å²) in [5.74, 6) is -1.26. The smallest absolute Gasteiger partial charge is 0.339 e. The zero-order valence-electron chi connectivity index (χ0n) is 13.7. The predicted molar refractivity (Wildman–Crippen MR) is 95.2 cm³/mol. The second kappa shape index (κ2) is 8.26. The van der Waals surface area contributed by atoms with Crippen molar-refractivity contribution in [1.82, 2.24) is 4.98 Å². The molecule has 3 N–H and O–H groups in total. The number of pyridine rings is 1. The molecule has 0 fully saturated rings. The average molecular weight is 398 g/mol. The summed E-state index contributed by atoms with van der Waals surface area (Å²) < 4.78 is 27.6. The molecule has 26 heavy (non-hydrogen) atoms. The fraction of sp³-hybridized carbons (Fsp3) is 0.188. The SMILES string of the molecule is CCC(OC(=O)c1ccnc(Cl)c1)C(=O)Nc1ccc(S(N)(=O)=O)cc1. The highest BCUT2D eigenvalue weighted by Crippen LogP contribution is 2.15. The predicted octanol–water partition coefficient (Wildman–Crippen LogP) is 1.96. The Morgan fingerprint density at radius 3 is 2.46 bits per heavy atom. The topological polar surface area (TPSA) is 128 Å². The van der Waals surface area contributed by atoms with Crippen LogP contribution in [0.25, 0.3) is 0 Å². The minimum Gasteiger partial charge on any atom is -0.449 e. The monoisotopic (exact) mass is 397 g/mol. The van der Waals surface area contributed by atoms with Crippen molar-refractivity contribution in [3.63, 3.8) is 0 Å². The lowest BCUT2D eigenvalue weighted by Crippen LogP contribution is -2.32. The lowest BCUT2D eigenvalue weighted by atomic mass is 10.2. The molecule has 1 atom stereocenters. The second-order valence-corrected chi connectivity index (χ2v) is 7.18. The molecule has 1 aromatic carbocycles. The van der Waals surface area contributed by atoms with Crippen LogP contribution < -0.4 is 10.5 Å². The van der Waals surface area contributed by atoms with E-state index in [9.17, 15) is 18.0 Å². The van der Waals surface area contributed by atoms with E-state index >= 15 is 0 Å². The number of carbonyl (C=O) groups excluding carboxylic acids is 2. The van der Waals surface area contributed by atoms with Crippen LogP contribution in [0.1, 0.15) is 23.7 Å². The molecule has 138 valence electrons. The van der Waals surface area contributed by atoms with Gasteiger partial charge < -0.3 is 10.1 Å². The molecule has 1 unspecified atom stereocenters. The third kappa shape index (κ3) is 5.25. The van der Waals surface area contributed by atoms with E-state index in [0.717, 1.165) is 0 Å². The van der Waals surface area contributed by atoms with Crippen LogP contribution in [-0.2, 0) is 19.6 Å². The molecule has 1 aromatic heterocycles. The van der Waals surface area contributed by atoms with Gasteiger partial charge in [0, 0.05) is 11.9 Å². The highest BCUT2D eigenvalue weighted by Gasteiger charge is 2.22. The molecule has 0 saturated heterocycles. The van der Waals surface area contributed by atoms with Crippen molar-refractivity contribution < 1.29 is 22.7 Å². The molecule has 0 aliphatic heterocycles. The minimum atomic E-state index is -3.82. The third-order valence-electron chi connectivity index (χ3n) is 3.33. The zero-order chi connectivity index (χ0) is 19.3. The maximum absolute atomic E-state index is 12.3. The van der Waals surface area contributed by atoms with Gasteiger partial charge in [0.05, 0.1) is 10.5 Å². The number of primary sulfonamides is 1. The van der Waals surface area contributed by atoms with Crippen LogP contribution >= 0.6 is 11.6 Å². The Hall–Kier alpha value is -2.49. The number of ether oxygens (including phenoxy) is 1. The molecule has 1 heterocycles. The Kier molecular flexibility index (Phi) is 6.30. The number of anilines is 1. The minimum absolute atomic E-state index is 0.0801. The first-order valence-corrected chi connectivity index (χ1v) is 9.39. The number of aromatic nitrogens is 1. The van der Waals surface area contributed by atoms with Crippen LogP contribution in [0.15, 0.2) is 47.5 Å². The van der Waals surface area contributed by atoms with Gasteiger partial charge in [-0.1, -0.05) is 18.5 Å². The summed E-state index contributed by atoms with van der Waals surface area (Å²) in [7, 11) is -3.82. The first-order valence-electron chi connectivity index (χ1n) is 7.47. The van der Waals surface area contributed by atoms with Gasteiger partial charge in [-0.2, -0.15) is 0 Å². The molecule has 0 aliphatic carbocycles. The van der Waals surface area contributed by atoms with Crippen LogP contribution in [-0.4, -0.2) is 31.4 Å². The van der Waals surface area contributed by atoms with Crippen molar-refractivity contribution in [2.45, 2.75) is 24.3 Å². The molecule has 8 nitrogen and oxygen atoms in total. The number of rotatable bonds is 6. The van der Waals surface area contributed by atoms with Crippen molar-refractivity contribution in [2.75, 3.05) is 5.32 Å². The highest BCUT2D eigenvalue weighted by atomic mass is 35.5. The van der Waals surface area contributed by atoms with Gasteiger partial charge in [0.25, 0.3) is 5.91 Å². The lowest BCUT2D eigenvalue weighted by molar-refractivity contribution is -0.124. The van der Waals surface area contributed by atoms with Gasteiger partial charge in [0.2, 0.25) is 10.0 Å². The van der Waals surface area contributed by atoms with Gasteiger partial charge in [0.15, 0.2) is 6.10 Å². The number of sulfonamides is 1. The van der Waals surface area contributed by atoms with Gasteiger partial charge in [-0.3, -0.25) is 4.79 Å². The molecule has 1 amide bonds. The molecular formula is C16H16ClN3O5S. The molecule has 0 bridgehead atoms. The molecule has 0 saturated carbocycles. The van der Waals surface area contributed by atoms with Crippen molar-refractivity contribution in [2.24, 2.45) is 5.14 Å². The summed E-state index contributed by atoms with van der Waals surface area (Å²) in [5.41, 5.74) is 0.512. The summed E-state index contributed by atoms with van der Waals surface area (Å²) in [4.78, 5) is 28.1. The lowest BCUT2D eigenvalue weighted by Gasteiger charge is -2.16. The van der Waals surface area contributed by atoms with Crippen LogP contribution in [0.5, 0.6) is 0 Å². The normalized spacial score (nSPS) is 12.3. The summed E-state index contributed by atoms with van der Waals surface area (Å²) in [5, 5.41) is 7.69. The Balaban J connectivity index is 2.05. The molecule has 0 aliphatic rings. The van der Waals surface area contributed by atoms with Crippen LogP contribution in [0.4, 0.5) is 5.69 Å². The number of esters is 1. The van der Waals surface area contributed by atoms with Gasteiger partial charge in [-0.25, -0.2) is 23.3 Å². The van der Waals surface area contributed by atoms with E-state index in [1.165, 1.54) is 42.6 Å². The Bertz CT molecular complexity index is 916. The number of amides is 1. The van der Waals surface area contributed by atoms with E-state index in [1.54, 1.807) is 6.92 Å². The molecule has 10 heteroatoms. The van der Waals surface area contributed by atoms with Crippen LogP contribution in [0.3, 0.4) is 0 Å². The van der Waals surface area contributed by atoms with E-state index in [1.807, 2.05) is 0 Å². The number of benzene rings is 1. The molecule has 0 radical (unpaired) electrons. The Morgan fingerprint density at radius 2 is 1.92 bits per heavy atom. The van der Waals surface area contributed by atoms with Crippen molar-refractivity contribution in [3.05, 3.63) is 53.3 Å². The van der Waals surface area contributed by atoms with Crippen LogP contribution in [0, 0.1) is 0 Å². The number of nitrogens with zero attached hydrogens (tertiary/aromatic N) is 1. The van der Waals surface area contributed by atoms with Crippen molar-refractivity contribution >= 4 is 39.2 Å². The Labute approximate surface area is 155 Å². The third-order valence-corrected chi connectivity index (χ3v) is 4.46. The standard InChI is InChI=1S/C16H16ClN3O5S/c1-2-13(25-16(22)10-7-8-19-14(17)9-10)15(21)20-11-3-5-12(6-4-11)26(18,23)24/h3-9,13H,2H2,1H3,(H,20,21)(H2,18,23,24). The average Bonchev–Trinajstić information content (AvgIpc) is 2.59.